The average Bonchev–Trinajstić information content (AvgIpc) is 2.75. The smallest absolute Gasteiger partial charge is 0.262 e. The molecule has 1 fully saturated rings. The van der Waals surface area contributed by atoms with Gasteiger partial charge >= 0.3 is 0 Å². The van der Waals surface area contributed by atoms with Crippen LogP contribution in [0.15, 0.2) is 16.6 Å². The van der Waals surface area contributed by atoms with E-state index in [1.807, 2.05) is 17.0 Å². The molecule has 0 radical (unpaired) electrons. The van der Waals surface area contributed by atoms with Gasteiger partial charge in [-0.1, -0.05) is 0 Å². The first kappa shape index (κ1) is 14.1. The highest BCUT2D eigenvalue weighted by molar-refractivity contribution is 9.10. The summed E-state index contributed by atoms with van der Waals surface area (Å²) in [7, 11) is 0. The lowest BCUT2D eigenvalue weighted by Crippen LogP contribution is -2.30. The number of amides is 1. The molecule has 1 amide bonds. The monoisotopic (exact) mass is 390 g/mol. The standard InChI is InChI=1S/C11H11BrN4O2.BrH/c12-6-3-9-7(15-10(17)5-18-9)4-8(6)16-2-1-14-11(16)13;/h3-4H,1-2,5H2,(H2,13,14)(H,15,17);1H. The minimum absolute atomic E-state index is 0. The van der Waals surface area contributed by atoms with Crippen LogP contribution in [0.4, 0.5) is 11.4 Å². The van der Waals surface area contributed by atoms with Crippen LogP contribution in [0, 0.1) is 5.41 Å². The normalized spacial score (nSPS) is 17.0. The van der Waals surface area contributed by atoms with Gasteiger partial charge in [-0.2, -0.15) is 0 Å². The van der Waals surface area contributed by atoms with Crippen LogP contribution in [0.2, 0.25) is 0 Å². The molecule has 2 aliphatic heterocycles. The third-order valence-corrected chi connectivity index (χ3v) is 3.51. The molecular formula is C11H12Br2N4O2. The number of nitrogens with one attached hydrogen (secondary N) is 3. The molecule has 0 aromatic heterocycles. The maximum atomic E-state index is 11.3. The SMILES string of the molecule is Br.N=C1NCCN1c1cc2c(cc1Br)OCC(=O)N2. The van der Waals surface area contributed by atoms with Gasteiger partial charge in [0.1, 0.15) is 5.75 Å². The number of halogens is 2. The molecule has 8 heteroatoms. The summed E-state index contributed by atoms with van der Waals surface area (Å²) in [5.41, 5.74) is 1.48. The van der Waals surface area contributed by atoms with Gasteiger partial charge in [-0.25, -0.2) is 0 Å². The van der Waals surface area contributed by atoms with Crippen molar-refractivity contribution in [3.63, 3.8) is 0 Å². The number of guanidine groups is 1. The second-order valence-electron chi connectivity index (χ2n) is 4.06. The van der Waals surface area contributed by atoms with Gasteiger partial charge in [-0.3, -0.25) is 10.2 Å². The number of benzene rings is 1. The Morgan fingerprint density at radius 3 is 2.89 bits per heavy atom. The molecule has 102 valence electrons. The minimum Gasteiger partial charge on any atom is -0.482 e. The Morgan fingerprint density at radius 1 is 1.42 bits per heavy atom. The molecule has 3 N–H and O–H groups in total. The molecular weight excluding hydrogens is 380 g/mol. The maximum Gasteiger partial charge on any atom is 0.262 e. The molecule has 0 bridgehead atoms. The van der Waals surface area contributed by atoms with Crippen LogP contribution in [0.5, 0.6) is 5.75 Å². The van der Waals surface area contributed by atoms with E-state index in [1.54, 1.807) is 0 Å². The van der Waals surface area contributed by atoms with Crippen molar-refractivity contribution in [1.82, 2.24) is 5.32 Å². The van der Waals surface area contributed by atoms with Crippen LogP contribution < -0.4 is 20.3 Å². The maximum absolute atomic E-state index is 11.3. The Labute approximate surface area is 128 Å². The average molecular weight is 392 g/mol. The highest BCUT2D eigenvalue weighted by Gasteiger charge is 2.24. The number of nitrogens with zero attached hydrogens (tertiary/aromatic N) is 1. The number of rotatable bonds is 1. The van der Waals surface area contributed by atoms with Gasteiger partial charge in [0.25, 0.3) is 5.91 Å². The Hall–Kier alpha value is -1.28. The summed E-state index contributed by atoms with van der Waals surface area (Å²) in [6.07, 6.45) is 0. The molecule has 6 nitrogen and oxygen atoms in total. The Balaban J connectivity index is 0.00000133. The molecule has 3 rings (SSSR count). The molecule has 1 aromatic rings. The van der Waals surface area contributed by atoms with Crippen molar-refractivity contribution >= 4 is 56.2 Å². The molecule has 0 saturated carbocycles. The summed E-state index contributed by atoms with van der Waals surface area (Å²) < 4.78 is 6.17. The zero-order chi connectivity index (χ0) is 12.7. The Kier molecular flexibility index (Phi) is 4.00. The summed E-state index contributed by atoms with van der Waals surface area (Å²) in [5, 5.41) is 13.5. The van der Waals surface area contributed by atoms with Crippen LogP contribution >= 0.6 is 32.9 Å². The van der Waals surface area contributed by atoms with Crippen molar-refractivity contribution in [3.05, 3.63) is 16.6 Å². The van der Waals surface area contributed by atoms with E-state index in [2.05, 4.69) is 26.6 Å². The van der Waals surface area contributed by atoms with Crippen LogP contribution in [0.25, 0.3) is 0 Å². The van der Waals surface area contributed by atoms with Gasteiger partial charge in [0, 0.05) is 17.6 Å². The zero-order valence-corrected chi connectivity index (χ0v) is 13.1. The van der Waals surface area contributed by atoms with Crippen molar-refractivity contribution in [1.29, 1.82) is 5.41 Å². The molecule has 0 spiro atoms. The van der Waals surface area contributed by atoms with Crippen molar-refractivity contribution in [3.8, 4) is 5.75 Å². The quantitative estimate of drug-likeness (QED) is 0.680. The summed E-state index contributed by atoms with van der Waals surface area (Å²) in [5.74, 6) is 0.841. The van der Waals surface area contributed by atoms with Gasteiger partial charge in [-0.15, -0.1) is 17.0 Å². The molecule has 0 aliphatic carbocycles. The molecule has 2 aliphatic rings. The van der Waals surface area contributed by atoms with Gasteiger partial charge in [0.05, 0.1) is 11.4 Å². The number of hydrogen-bond donors (Lipinski definition) is 3. The largest absolute Gasteiger partial charge is 0.482 e. The summed E-state index contributed by atoms with van der Waals surface area (Å²) in [4.78, 5) is 13.1. The first-order valence-electron chi connectivity index (χ1n) is 5.51. The second-order valence-corrected chi connectivity index (χ2v) is 4.92. The number of fused-ring (bicyclic) bond motifs is 1. The molecule has 1 aromatic carbocycles. The fourth-order valence-electron chi connectivity index (χ4n) is 2.03. The lowest BCUT2D eigenvalue weighted by atomic mass is 10.2. The fourth-order valence-corrected chi connectivity index (χ4v) is 2.57. The fraction of sp³-hybridized carbons (Fsp3) is 0.273. The van der Waals surface area contributed by atoms with Gasteiger partial charge < -0.3 is 20.3 Å². The van der Waals surface area contributed by atoms with E-state index >= 15 is 0 Å². The molecule has 0 unspecified atom stereocenters. The van der Waals surface area contributed by atoms with E-state index in [1.165, 1.54) is 0 Å². The Bertz CT molecular complexity index is 550. The number of carbonyl (C=O) groups excluding carboxylic acids is 1. The summed E-state index contributed by atoms with van der Waals surface area (Å²) in [6, 6.07) is 3.63. The molecule has 1 saturated heterocycles. The van der Waals surface area contributed by atoms with Crippen molar-refractivity contribution < 1.29 is 9.53 Å². The first-order valence-corrected chi connectivity index (χ1v) is 6.30. The van der Waals surface area contributed by atoms with Crippen molar-refractivity contribution in [2.24, 2.45) is 0 Å². The van der Waals surface area contributed by atoms with E-state index in [9.17, 15) is 4.79 Å². The van der Waals surface area contributed by atoms with Crippen LogP contribution in [0.1, 0.15) is 0 Å². The predicted molar refractivity (Wildman–Crippen MR) is 81.7 cm³/mol. The molecule has 19 heavy (non-hydrogen) atoms. The first-order chi connectivity index (χ1) is 8.65. The third kappa shape index (κ3) is 2.55. The van der Waals surface area contributed by atoms with E-state index in [4.69, 9.17) is 10.1 Å². The highest BCUT2D eigenvalue weighted by Crippen LogP contribution is 2.38. The van der Waals surface area contributed by atoms with Crippen molar-refractivity contribution in [2.75, 3.05) is 29.9 Å². The number of ether oxygens (including phenoxy) is 1. The number of carbonyl (C=O) groups is 1. The van der Waals surface area contributed by atoms with E-state index in [-0.39, 0.29) is 29.5 Å². The molecule has 0 atom stereocenters. The van der Waals surface area contributed by atoms with Crippen LogP contribution in [0.3, 0.4) is 0 Å². The minimum atomic E-state index is -0.162. The van der Waals surface area contributed by atoms with Crippen molar-refractivity contribution in [2.45, 2.75) is 0 Å². The van der Waals surface area contributed by atoms with E-state index < -0.39 is 0 Å². The van der Waals surface area contributed by atoms with Crippen LogP contribution in [-0.2, 0) is 4.79 Å². The number of anilines is 2. The van der Waals surface area contributed by atoms with Gasteiger partial charge in [0.2, 0.25) is 0 Å². The topological polar surface area (TPSA) is 77.5 Å². The highest BCUT2D eigenvalue weighted by atomic mass is 79.9. The zero-order valence-electron chi connectivity index (χ0n) is 9.83. The summed E-state index contributed by atoms with van der Waals surface area (Å²) >= 11 is 3.47. The predicted octanol–water partition coefficient (Wildman–Crippen LogP) is 1.70. The van der Waals surface area contributed by atoms with E-state index in [0.29, 0.717) is 17.4 Å². The second kappa shape index (κ2) is 5.38. The van der Waals surface area contributed by atoms with E-state index in [0.717, 1.165) is 23.2 Å². The van der Waals surface area contributed by atoms with Crippen LogP contribution in [-0.4, -0.2) is 31.6 Å². The lowest BCUT2D eigenvalue weighted by Gasteiger charge is -2.23. The lowest BCUT2D eigenvalue weighted by molar-refractivity contribution is -0.118. The molecule has 2 heterocycles. The third-order valence-electron chi connectivity index (χ3n) is 2.87. The summed E-state index contributed by atoms with van der Waals surface area (Å²) in [6.45, 7) is 1.51. The van der Waals surface area contributed by atoms with Gasteiger partial charge in [-0.05, 0) is 28.1 Å². The van der Waals surface area contributed by atoms with Gasteiger partial charge in [0.15, 0.2) is 12.6 Å². The number of hydrogen-bond acceptors (Lipinski definition) is 3. The Morgan fingerprint density at radius 2 is 2.21 bits per heavy atom.